The standard InChI is InChI=1S/C16H17N5O2/c1-3-12-5-4-6-15(21-16(22)20(2)18-19-21)14(12)11-23-13-7-9-17-10-8-13/h4-10H,3,11H2,1-2H3. The van der Waals surface area contributed by atoms with Gasteiger partial charge >= 0.3 is 5.69 Å². The number of ether oxygens (including phenoxy) is 1. The van der Waals surface area contributed by atoms with E-state index >= 15 is 0 Å². The summed E-state index contributed by atoms with van der Waals surface area (Å²) >= 11 is 0. The van der Waals surface area contributed by atoms with Crippen molar-refractivity contribution in [3.63, 3.8) is 0 Å². The molecule has 0 radical (unpaired) electrons. The van der Waals surface area contributed by atoms with E-state index in [0.29, 0.717) is 12.3 Å². The van der Waals surface area contributed by atoms with Crippen LogP contribution in [0.4, 0.5) is 0 Å². The molecule has 7 nitrogen and oxygen atoms in total. The Morgan fingerprint density at radius 2 is 1.91 bits per heavy atom. The summed E-state index contributed by atoms with van der Waals surface area (Å²) < 4.78 is 8.33. The molecule has 2 aromatic heterocycles. The lowest BCUT2D eigenvalue weighted by Crippen LogP contribution is -2.23. The second kappa shape index (κ2) is 6.43. The first-order chi connectivity index (χ1) is 11.2. The minimum absolute atomic E-state index is 0.289. The van der Waals surface area contributed by atoms with E-state index in [2.05, 4.69) is 22.3 Å². The number of rotatable bonds is 5. The summed E-state index contributed by atoms with van der Waals surface area (Å²) in [6, 6.07) is 9.37. The maximum Gasteiger partial charge on any atom is 0.368 e. The number of benzene rings is 1. The Morgan fingerprint density at radius 3 is 2.57 bits per heavy atom. The van der Waals surface area contributed by atoms with Gasteiger partial charge in [0, 0.05) is 25.0 Å². The van der Waals surface area contributed by atoms with E-state index in [1.54, 1.807) is 31.6 Å². The quantitative estimate of drug-likeness (QED) is 0.714. The average Bonchev–Trinajstić information content (AvgIpc) is 2.92. The Morgan fingerprint density at radius 1 is 1.13 bits per heavy atom. The lowest BCUT2D eigenvalue weighted by atomic mass is 10.0. The molecule has 0 aliphatic carbocycles. The lowest BCUT2D eigenvalue weighted by molar-refractivity contribution is 0.304. The van der Waals surface area contributed by atoms with Gasteiger partial charge in [-0.3, -0.25) is 4.98 Å². The zero-order valence-electron chi connectivity index (χ0n) is 13.0. The SMILES string of the molecule is CCc1cccc(-n2nnn(C)c2=O)c1COc1ccncc1. The van der Waals surface area contributed by atoms with E-state index in [-0.39, 0.29) is 5.69 Å². The molecule has 0 bridgehead atoms. The molecule has 118 valence electrons. The van der Waals surface area contributed by atoms with Crippen LogP contribution in [-0.2, 0) is 20.1 Å². The molecule has 7 heteroatoms. The number of hydrogen-bond acceptors (Lipinski definition) is 5. The molecule has 0 saturated carbocycles. The lowest BCUT2D eigenvalue weighted by Gasteiger charge is -2.14. The summed E-state index contributed by atoms with van der Waals surface area (Å²) in [4.78, 5) is 16.1. The zero-order chi connectivity index (χ0) is 16.2. The molecule has 3 rings (SSSR count). The third kappa shape index (κ3) is 2.98. The molecule has 2 heterocycles. The predicted octanol–water partition coefficient (Wildman–Crippen LogP) is 1.50. The molecule has 0 atom stereocenters. The summed E-state index contributed by atoms with van der Waals surface area (Å²) in [5.41, 5.74) is 2.43. The summed E-state index contributed by atoms with van der Waals surface area (Å²) in [6.07, 6.45) is 4.18. The molecule has 0 amide bonds. The number of nitrogens with zero attached hydrogens (tertiary/aromatic N) is 5. The summed E-state index contributed by atoms with van der Waals surface area (Å²) in [5, 5.41) is 7.70. The molecule has 0 N–H and O–H groups in total. The fourth-order valence-corrected chi connectivity index (χ4v) is 2.37. The molecule has 0 spiro atoms. The van der Waals surface area contributed by atoms with Crippen molar-refractivity contribution in [2.24, 2.45) is 7.05 Å². The zero-order valence-corrected chi connectivity index (χ0v) is 13.0. The molecule has 0 unspecified atom stereocenters. The van der Waals surface area contributed by atoms with Gasteiger partial charge in [0.25, 0.3) is 0 Å². The van der Waals surface area contributed by atoms with Crippen molar-refractivity contribution in [1.29, 1.82) is 0 Å². The highest BCUT2D eigenvalue weighted by atomic mass is 16.5. The van der Waals surface area contributed by atoms with Crippen molar-refractivity contribution in [2.45, 2.75) is 20.0 Å². The van der Waals surface area contributed by atoms with Crippen LogP contribution < -0.4 is 10.4 Å². The smallest absolute Gasteiger partial charge is 0.368 e. The topological polar surface area (TPSA) is 74.8 Å². The highest BCUT2D eigenvalue weighted by Gasteiger charge is 2.14. The number of hydrogen-bond donors (Lipinski definition) is 0. The second-order valence-electron chi connectivity index (χ2n) is 5.04. The van der Waals surface area contributed by atoms with Crippen LogP contribution in [0.5, 0.6) is 5.75 Å². The first-order valence-corrected chi connectivity index (χ1v) is 7.33. The fraction of sp³-hybridized carbons (Fsp3) is 0.250. The number of tetrazole rings is 1. The van der Waals surface area contributed by atoms with Crippen LogP contribution in [-0.4, -0.2) is 24.8 Å². The number of aromatic nitrogens is 5. The molecule has 1 aromatic carbocycles. The van der Waals surface area contributed by atoms with Gasteiger partial charge in [0.1, 0.15) is 12.4 Å². The summed E-state index contributed by atoms with van der Waals surface area (Å²) in [5.74, 6) is 0.725. The Kier molecular flexibility index (Phi) is 4.18. The van der Waals surface area contributed by atoms with Crippen molar-refractivity contribution in [3.8, 4) is 11.4 Å². The molecule has 0 aliphatic rings. The van der Waals surface area contributed by atoms with Crippen LogP contribution in [0.3, 0.4) is 0 Å². The van der Waals surface area contributed by atoms with Crippen molar-refractivity contribution >= 4 is 0 Å². The highest BCUT2D eigenvalue weighted by molar-refractivity contribution is 5.45. The van der Waals surface area contributed by atoms with Crippen LogP contribution in [0, 0.1) is 0 Å². The largest absolute Gasteiger partial charge is 0.489 e. The first kappa shape index (κ1) is 15.0. The van der Waals surface area contributed by atoms with E-state index in [1.165, 1.54) is 9.36 Å². The van der Waals surface area contributed by atoms with E-state index in [1.807, 2.05) is 18.2 Å². The van der Waals surface area contributed by atoms with Crippen LogP contribution in [0.2, 0.25) is 0 Å². The van der Waals surface area contributed by atoms with Gasteiger partial charge in [-0.05, 0) is 40.6 Å². The maximum atomic E-state index is 12.1. The van der Waals surface area contributed by atoms with Gasteiger partial charge in [-0.1, -0.05) is 19.1 Å². The van der Waals surface area contributed by atoms with Crippen LogP contribution >= 0.6 is 0 Å². The third-order valence-electron chi connectivity index (χ3n) is 3.61. The molecule has 0 aliphatic heterocycles. The van der Waals surface area contributed by atoms with Crippen molar-refractivity contribution < 1.29 is 4.74 Å². The van der Waals surface area contributed by atoms with Gasteiger partial charge in [-0.25, -0.2) is 4.79 Å². The van der Waals surface area contributed by atoms with E-state index in [4.69, 9.17) is 4.74 Å². The Bertz CT molecular complexity index is 854. The molecular weight excluding hydrogens is 294 g/mol. The summed E-state index contributed by atoms with van der Waals surface area (Å²) in [6.45, 7) is 2.40. The van der Waals surface area contributed by atoms with Crippen LogP contribution in [0.1, 0.15) is 18.1 Å². The second-order valence-corrected chi connectivity index (χ2v) is 5.04. The minimum Gasteiger partial charge on any atom is -0.489 e. The molecule has 23 heavy (non-hydrogen) atoms. The Hall–Kier alpha value is -2.96. The van der Waals surface area contributed by atoms with Crippen molar-refractivity contribution in [1.82, 2.24) is 24.8 Å². The number of aryl methyl sites for hydroxylation is 2. The molecule has 3 aromatic rings. The monoisotopic (exact) mass is 311 g/mol. The van der Waals surface area contributed by atoms with Gasteiger partial charge in [-0.15, -0.1) is 0 Å². The summed E-state index contributed by atoms with van der Waals surface area (Å²) in [7, 11) is 1.57. The van der Waals surface area contributed by atoms with Gasteiger partial charge in [-0.2, -0.15) is 9.36 Å². The average molecular weight is 311 g/mol. The first-order valence-electron chi connectivity index (χ1n) is 7.33. The van der Waals surface area contributed by atoms with Crippen LogP contribution in [0.25, 0.3) is 5.69 Å². The van der Waals surface area contributed by atoms with E-state index in [9.17, 15) is 4.79 Å². The van der Waals surface area contributed by atoms with Crippen molar-refractivity contribution in [2.75, 3.05) is 0 Å². The Balaban J connectivity index is 2.00. The van der Waals surface area contributed by atoms with Gasteiger partial charge in [0.2, 0.25) is 0 Å². The van der Waals surface area contributed by atoms with Gasteiger partial charge < -0.3 is 4.74 Å². The molecular formula is C16H17N5O2. The van der Waals surface area contributed by atoms with Gasteiger partial charge in [0.15, 0.2) is 0 Å². The molecule has 0 fully saturated rings. The van der Waals surface area contributed by atoms with E-state index in [0.717, 1.165) is 23.3 Å². The predicted molar refractivity (Wildman–Crippen MR) is 84.5 cm³/mol. The van der Waals surface area contributed by atoms with Crippen molar-refractivity contribution in [3.05, 3.63) is 64.3 Å². The maximum absolute atomic E-state index is 12.1. The normalized spacial score (nSPS) is 10.7. The van der Waals surface area contributed by atoms with Gasteiger partial charge in [0.05, 0.1) is 5.69 Å². The molecule has 0 saturated heterocycles. The fourth-order valence-electron chi connectivity index (χ4n) is 2.37. The number of pyridine rings is 1. The highest BCUT2D eigenvalue weighted by Crippen LogP contribution is 2.20. The van der Waals surface area contributed by atoms with Crippen LogP contribution in [0.15, 0.2) is 47.5 Å². The minimum atomic E-state index is -0.289. The third-order valence-corrected chi connectivity index (χ3v) is 3.61. The van der Waals surface area contributed by atoms with E-state index < -0.39 is 0 Å². The Labute approximate surface area is 133 Å².